The van der Waals surface area contributed by atoms with Gasteiger partial charge >= 0.3 is 0 Å². The molecule has 1 aliphatic rings. The second kappa shape index (κ2) is 4.87. The van der Waals surface area contributed by atoms with Gasteiger partial charge in [0.1, 0.15) is 5.54 Å². The van der Waals surface area contributed by atoms with E-state index < -0.39 is 5.54 Å². The first-order valence-corrected chi connectivity index (χ1v) is 6.10. The average Bonchev–Trinajstić information content (AvgIpc) is 2.52. The number of nitriles is 1. The topological polar surface area (TPSA) is 53.1 Å². The zero-order valence-corrected chi connectivity index (χ0v) is 10.3. The molecule has 1 aromatic rings. The van der Waals surface area contributed by atoms with E-state index in [1.165, 1.54) is 11.1 Å². The lowest BCUT2D eigenvalue weighted by Gasteiger charge is -2.26. The van der Waals surface area contributed by atoms with Crippen molar-refractivity contribution in [3.05, 3.63) is 35.4 Å². The fourth-order valence-electron chi connectivity index (χ4n) is 2.37. The Morgan fingerprint density at radius 2 is 1.82 bits per heavy atom. The molecule has 90 valence electrons. The highest BCUT2D eigenvalue weighted by molar-refractivity contribution is 5.28. The number of fused-ring (bicyclic) bond motifs is 1. The molecule has 0 aromatic heterocycles. The van der Waals surface area contributed by atoms with Crippen LogP contribution in [0, 0.1) is 11.3 Å². The average molecular weight is 229 g/mol. The first-order chi connectivity index (χ1) is 8.11. The highest BCUT2D eigenvalue weighted by Crippen LogP contribution is 2.16. The molecule has 0 saturated heterocycles. The molecule has 17 heavy (non-hydrogen) atoms. The second-order valence-corrected chi connectivity index (χ2v) is 5.07. The summed E-state index contributed by atoms with van der Waals surface area (Å²) in [6.07, 6.45) is 2.11. The van der Waals surface area contributed by atoms with Crippen LogP contribution in [0.1, 0.15) is 18.1 Å². The predicted molar refractivity (Wildman–Crippen MR) is 68.5 cm³/mol. The van der Waals surface area contributed by atoms with Gasteiger partial charge in [-0.2, -0.15) is 5.26 Å². The maximum Gasteiger partial charge on any atom is 0.114 e. The molecule has 0 saturated carbocycles. The lowest BCUT2D eigenvalue weighted by Crippen LogP contribution is -2.47. The van der Waals surface area contributed by atoms with Crippen molar-refractivity contribution in [3.8, 4) is 6.07 Å². The van der Waals surface area contributed by atoms with Gasteiger partial charge in [0, 0.05) is 19.6 Å². The van der Waals surface area contributed by atoms with E-state index in [9.17, 15) is 0 Å². The van der Waals surface area contributed by atoms with Crippen LogP contribution in [0.15, 0.2) is 24.3 Å². The molecule has 0 bridgehead atoms. The Bertz CT molecular complexity index is 404. The number of benzene rings is 1. The van der Waals surface area contributed by atoms with Crippen molar-refractivity contribution in [3.63, 3.8) is 0 Å². The Hall–Kier alpha value is -1.37. The number of hydrogen-bond acceptors (Lipinski definition) is 3. The molecule has 1 heterocycles. The molecule has 2 N–H and O–H groups in total. The predicted octanol–water partition coefficient (Wildman–Crippen LogP) is 1.33. The summed E-state index contributed by atoms with van der Waals surface area (Å²) in [7, 11) is 0. The lowest BCUT2D eigenvalue weighted by atomic mass is 10.0. The Labute approximate surface area is 103 Å². The van der Waals surface area contributed by atoms with Gasteiger partial charge in [0.15, 0.2) is 0 Å². The van der Waals surface area contributed by atoms with Crippen LogP contribution in [-0.4, -0.2) is 30.1 Å². The minimum absolute atomic E-state index is 0.650. The van der Waals surface area contributed by atoms with Crippen molar-refractivity contribution in [2.75, 3.05) is 19.6 Å². The van der Waals surface area contributed by atoms with E-state index in [4.69, 9.17) is 11.0 Å². The summed E-state index contributed by atoms with van der Waals surface area (Å²) in [5.74, 6) is 0. The minimum atomic E-state index is -0.740. The maximum absolute atomic E-state index is 8.97. The zero-order valence-electron chi connectivity index (χ0n) is 10.3. The second-order valence-electron chi connectivity index (χ2n) is 5.07. The van der Waals surface area contributed by atoms with Gasteiger partial charge in [-0.05, 0) is 30.9 Å². The maximum atomic E-state index is 8.97. The van der Waals surface area contributed by atoms with Crippen LogP contribution < -0.4 is 5.73 Å². The number of rotatable bonds is 2. The van der Waals surface area contributed by atoms with Gasteiger partial charge in [-0.25, -0.2) is 0 Å². The van der Waals surface area contributed by atoms with Gasteiger partial charge in [0.25, 0.3) is 0 Å². The summed E-state index contributed by atoms with van der Waals surface area (Å²) in [6.45, 7) is 4.43. The quantitative estimate of drug-likeness (QED) is 0.832. The molecule has 0 aliphatic carbocycles. The first-order valence-electron chi connectivity index (χ1n) is 6.10. The van der Waals surface area contributed by atoms with Gasteiger partial charge in [0.05, 0.1) is 6.07 Å². The van der Waals surface area contributed by atoms with Crippen molar-refractivity contribution < 1.29 is 0 Å². The molecule has 1 aliphatic heterocycles. The molecule has 2 rings (SSSR count). The fraction of sp³-hybridized carbons (Fsp3) is 0.500. The standard InChI is InChI=1S/C14H19N3/c1-14(16,10-15)11-17-8-6-12-4-2-3-5-13(12)7-9-17/h2-5H,6-9,11,16H2,1H3. The van der Waals surface area contributed by atoms with Crippen molar-refractivity contribution in [1.82, 2.24) is 4.90 Å². The Morgan fingerprint density at radius 1 is 1.29 bits per heavy atom. The normalized spacial score (nSPS) is 19.8. The summed E-state index contributed by atoms with van der Waals surface area (Å²) in [5.41, 5.74) is 8.03. The van der Waals surface area contributed by atoms with Crippen LogP contribution in [0.2, 0.25) is 0 Å². The van der Waals surface area contributed by atoms with Crippen molar-refractivity contribution in [2.24, 2.45) is 5.73 Å². The molecular formula is C14H19N3. The van der Waals surface area contributed by atoms with Gasteiger partial charge in [-0.15, -0.1) is 0 Å². The van der Waals surface area contributed by atoms with E-state index in [1.807, 2.05) is 0 Å². The van der Waals surface area contributed by atoms with Gasteiger partial charge in [-0.3, -0.25) is 4.90 Å². The van der Waals surface area contributed by atoms with Gasteiger partial charge in [-0.1, -0.05) is 24.3 Å². The molecule has 1 unspecified atom stereocenters. The summed E-state index contributed by atoms with van der Waals surface area (Å²) in [5, 5.41) is 8.97. The lowest BCUT2D eigenvalue weighted by molar-refractivity contribution is 0.251. The summed E-state index contributed by atoms with van der Waals surface area (Å²) >= 11 is 0. The Balaban J connectivity index is 2.03. The monoisotopic (exact) mass is 229 g/mol. The van der Waals surface area contributed by atoms with Crippen LogP contribution in [0.25, 0.3) is 0 Å². The largest absolute Gasteiger partial charge is 0.313 e. The fourth-order valence-corrected chi connectivity index (χ4v) is 2.37. The summed E-state index contributed by atoms with van der Waals surface area (Å²) in [4.78, 5) is 2.29. The number of hydrogen-bond donors (Lipinski definition) is 1. The summed E-state index contributed by atoms with van der Waals surface area (Å²) in [6, 6.07) is 10.8. The third kappa shape index (κ3) is 3.06. The van der Waals surface area contributed by atoms with Crippen molar-refractivity contribution >= 4 is 0 Å². The SMILES string of the molecule is CC(N)(C#N)CN1CCc2ccccc2CC1. The molecule has 1 atom stereocenters. The van der Waals surface area contributed by atoms with Gasteiger partial charge in [0.2, 0.25) is 0 Å². The van der Waals surface area contributed by atoms with E-state index in [-0.39, 0.29) is 0 Å². The Morgan fingerprint density at radius 3 is 2.29 bits per heavy atom. The first kappa shape index (κ1) is 12.1. The van der Waals surface area contributed by atoms with Crippen LogP contribution in [0.5, 0.6) is 0 Å². The molecule has 0 amide bonds. The smallest absolute Gasteiger partial charge is 0.114 e. The van der Waals surface area contributed by atoms with Crippen LogP contribution in [-0.2, 0) is 12.8 Å². The Kier molecular flexibility index (Phi) is 3.46. The van der Waals surface area contributed by atoms with E-state index in [2.05, 4.69) is 35.2 Å². The highest BCUT2D eigenvalue weighted by Gasteiger charge is 2.23. The van der Waals surface area contributed by atoms with Crippen LogP contribution >= 0.6 is 0 Å². The number of nitrogens with zero attached hydrogens (tertiary/aromatic N) is 2. The third-order valence-electron chi connectivity index (χ3n) is 3.32. The minimum Gasteiger partial charge on any atom is -0.313 e. The van der Waals surface area contributed by atoms with E-state index >= 15 is 0 Å². The molecule has 1 aromatic carbocycles. The molecule has 3 nitrogen and oxygen atoms in total. The molecule has 0 spiro atoms. The molecular weight excluding hydrogens is 210 g/mol. The van der Waals surface area contributed by atoms with Gasteiger partial charge < -0.3 is 5.73 Å². The molecule has 0 radical (unpaired) electrons. The van der Waals surface area contributed by atoms with Crippen LogP contribution in [0.3, 0.4) is 0 Å². The third-order valence-corrected chi connectivity index (χ3v) is 3.32. The molecule has 3 heteroatoms. The van der Waals surface area contributed by atoms with Crippen molar-refractivity contribution in [2.45, 2.75) is 25.3 Å². The van der Waals surface area contributed by atoms with E-state index in [0.29, 0.717) is 6.54 Å². The highest BCUT2D eigenvalue weighted by atomic mass is 15.1. The van der Waals surface area contributed by atoms with Crippen LogP contribution in [0.4, 0.5) is 0 Å². The summed E-state index contributed by atoms with van der Waals surface area (Å²) < 4.78 is 0. The van der Waals surface area contributed by atoms with E-state index in [0.717, 1.165) is 25.9 Å². The molecule has 0 fully saturated rings. The van der Waals surface area contributed by atoms with Crippen molar-refractivity contribution in [1.29, 1.82) is 5.26 Å². The zero-order chi connectivity index (χ0) is 12.3. The number of nitrogens with two attached hydrogens (primary N) is 1. The van der Waals surface area contributed by atoms with E-state index in [1.54, 1.807) is 6.92 Å².